The van der Waals surface area contributed by atoms with Gasteiger partial charge in [0.05, 0.1) is 17.1 Å². The van der Waals surface area contributed by atoms with Crippen molar-refractivity contribution in [2.45, 2.75) is 38.1 Å². The van der Waals surface area contributed by atoms with Gasteiger partial charge in [0.1, 0.15) is 0 Å². The van der Waals surface area contributed by atoms with Gasteiger partial charge in [-0.1, -0.05) is 12.1 Å². The van der Waals surface area contributed by atoms with Crippen molar-refractivity contribution in [3.05, 3.63) is 39.9 Å². The third-order valence-corrected chi connectivity index (χ3v) is 3.62. The van der Waals surface area contributed by atoms with Crippen LogP contribution in [0.4, 0.5) is 5.69 Å². The molecule has 1 saturated carbocycles. The van der Waals surface area contributed by atoms with Crippen LogP contribution in [0.5, 0.6) is 0 Å². The Balaban J connectivity index is 1.82. The van der Waals surface area contributed by atoms with E-state index >= 15 is 0 Å². The summed E-state index contributed by atoms with van der Waals surface area (Å²) in [5, 5.41) is 14.0. The van der Waals surface area contributed by atoms with Crippen molar-refractivity contribution in [3.63, 3.8) is 0 Å². The summed E-state index contributed by atoms with van der Waals surface area (Å²) in [6.07, 6.45) is 1.17. The molecule has 0 amide bonds. The molecule has 1 aromatic carbocycles. The second-order valence-electron chi connectivity index (χ2n) is 4.84. The second-order valence-corrected chi connectivity index (χ2v) is 4.84. The second kappa shape index (κ2) is 6.78. The quantitative estimate of drug-likeness (QED) is 0.609. The van der Waals surface area contributed by atoms with Crippen molar-refractivity contribution in [2.75, 3.05) is 13.7 Å². The number of nitro benzene ring substituents is 1. The summed E-state index contributed by atoms with van der Waals surface area (Å²) in [6.45, 7) is 3.34. The van der Waals surface area contributed by atoms with Gasteiger partial charge in [-0.05, 0) is 18.9 Å². The predicted molar refractivity (Wildman–Crippen MR) is 74.6 cm³/mol. The monoisotopic (exact) mass is 280 g/mol. The molecule has 0 bridgehead atoms. The minimum atomic E-state index is -0.392. The molecule has 110 valence electrons. The zero-order valence-corrected chi connectivity index (χ0v) is 11.7. The Hall–Kier alpha value is -1.50. The number of methoxy groups -OCH3 is 1. The molecule has 20 heavy (non-hydrogen) atoms. The van der Waals surface area contributed by atoms with E-state index in [0.29, 0.717) is 13.2 Å². The number of nitro groups is 1. The summed E-state index contributed by atoms with van der Waals surface area (Å²) in [4.78, 5) is 10.2. The Labute approximate surface area is 118 Å². The van der Waals surface area contributed by atoms with Crippen molar-refractivity contribution >= 4 is 5.69 Å². The van der Waals surface area contributed by atoms with Gasteiger partial charge in [-0.25, -0.2) is 0 Å². The summed E-state index contributed by atoms with van der Waals surface area (Å²) >= 11 is 0. The highest BCUT2D eigenvalue weighted by molar-refractivity contribution is 5.32. The van der Waals surface area contributed by atoms with E-state index in [1.807, 2.05) is 6.92 Å². The predicted octanol–water partition coefficient (Wildman–Crippen LogP) is 1.88. The molecule has 6 heteroatoms. The molecule has 0 aromatic heterocycles. The van der Waals surface area contributed by atoms with Crippen LogP contribution in [0.3, 0.4) is 0 Å². The first-order valence-corrected chi connectivity index (χ1v) is 6.76. The van der Waals surface area contributed by atoms with E-state index in [9.17, 15) is 10.1 Å². The van der Waals surface area contributed by atoms with Gasteiger partial charge < -0.3 is 14.8 Å². The zero-order valence-electron chi connectivity index (χ0n) is 11.7. The highest BCUT2D eigenvalue weighted by atomic mass is 16.6. The lowest BCUT2D eigenvalue weighted by atomic mass is 9.85. The van der Waals surface area contributed by atoms with Crippen LogP contribution in [0, 0.1) is 10.1 Å². The van der Waals surface area contributed by atoms with Crippen LogP contribution >= 0.6 is 0 Å². The van der Waals surface area contributed by atoms with Gasteiger partial charge in [0.2, 0.25) is 0 Å². The molecule has 1 N–H and O–H groups in total. The number of nitrogens with zero attached hydrogens (tertiary/aromatic N) is 1. The maximum absolute atomic E-state index is 10.6. The molecule has 0 heterocycles. The van der Waals surface area contributed by atoms with Crippen molar-refractivity contribution < 1.29 is 14.4 Å². The van der Waals surface area contributed by atoms with Crippen LogP contribution in [0.15, 0.2) is 24.3 Å². The zero-order chi connectivity index (χ0) is 14.5. The van der Waals surface area contributed by atoms with Crippen molar-refractivity contribution in [1.29, 1.82) is 0 Å². The van der Waals surface area contributed by atoms with Gasteiger partial charge in [-0.15, -0.1) is 0 Å². The molecule has 3 unspecified atom stereocenters. The largest absolute Gasteiger partial charge is 0.377 e. The first kappa shape index (κ1) is 14.9. The molecule has 0 radical (unpaired) electrons. The number of ether oxygens (including phenoxy) is 2. The molecular weight excluding hydrogens is 260 g/mol. The summed E-state index contributed by atoms with van der Waals surface area (Å²) in [5.74, 6) is 0. The highest BCUT2D eigenvalue weighted by Crippen LogP contribution is 2.27. The average Bonchev–Trinajstić information content (AvgIpc) is 2.42. The third-order valence-electron chi connectivity index (χ3n) is 3.62. The summed E-state index contributed by atoms with van der Waals surface area (Å²) in [6, 6.07) is 6.85. The molecule has 0 saturated heterocycles. The molecule has 0 aliphatic heterocycles. The minimum absolute atomic E-state index is 0.0769. The summed E-state index contributed by atoms with van der Waals surface area (Å²) in [5.41, 5.74) is 1.13. The smallest absolute Gasteiger partial charge is 0.269 e. The number of nitrogens with one attached hydrogen (secondary N) is 1. The van der Waals surface area contributed by atoms with Crippen LogP contribution in [0.2, 0.25) is 0 Å². The first-order chi connectivity index (χ1) is 9.65. The Morgan fingerprint density at radius 2 is 2.10 bits per heavy atom. The number of hydrogen-bond donors (Lipinski definition) is 1. The lowest BCUT2D eigenvalue weighted by molar-refractivity contribution is -0.384. The summed E-state index contributed by atoms with van der Waals surface area (Å²) in [7, 11) is 1.69. The number of non-ortho nitro benzene ring substituents is 1. The van der Waals surface area contributed by atoms with E-state index in [-0.39, 0.29) is 23.9 Å². The van der Waals surface area contributed by atoms with E-state index in [1.54, 1.807) is 19.2 Å². The maximum Gasteiger partial charge on any atom is 0.269 e. The Bertz CT molecular complexity index is 449. The maximum atomic E-state index is 10.6. The van der Waals surface area contributed by atoms with E-state index in [4.69, 9.17) is 9.47 Å². The van der Waals surface area contributed by atoms with Crippen molar-refractivity contribution in [2.24, 2.45) is 0 Å². The molecule has 1 aromatic rings. The van der Waals surface area contributed by atoms with Crippen LogP contribution in [0.1, 0.15) is 18.9 Å². The van der Waals surface area contributed by atoms with Crippen LogP contribution in [-0.4, -0.2) is 36.9 Å². The topological polar surface area (TPSA) is 73.6 Å². The number of hydrogen-bond acceptors (Lipinski definition) is 5. The first-order valence-electron chi connectivity index (χ1n) is 6.76. The molecule has 3 atom stereocenters. The van der Waals surface area contributed by atoms with Gasteiger partial charge in [-0.2, -0.15) is 0 Å². The molecule has 1 aliphatic rings. The normalized spacial score (nSPS) is 25.2. The van der Waals surface area contributed by atoms with Crippen LogP contribution in [-0.2, 0) is 16.0 Å². The third kappa shape index (κ3) is 3.33. The molecule has 0 spiro atoms. The average molecular weight is 280 g/mol. The SMILES string of the molecule is CCOC1CC(NCc2ccc([N+](=O)[O-])cc2)C1OC. The lowest BCUT2D eigenvalue weighted by Crippen LogP contribution is -2.59. The number of benzene rings is 1. The van der Waals surface area contributed by atoms with Gasteiger partial charge >= 0.3 is 0 Å². The fourth-order valence-electron chi connectivity index (χ4n) is 2.46. The molecule has 6 nitrogen and oxygen atoms in total. The van der Waals surface area contributed by atoms with Crippen LogP contribution < -0.4 is 5.32 Å². The summed E-state index contributed by atoms with van der Waals surface area (Å²) < 4.78 is 11.0. The van der Waals surface area contributed by atoms with E-state index < -0.39 is 4.92 Å². The minimum Gasteiger partial charge on any atom is -0.377 e. The van der Waals surface area contributed by atoms with E-state index in [0.717, 1.165) is 12.0 Å². The molecule has 1 aliphatic carbocycles. The van der Waals surface area contributed by atoms with Crippen molar-refractivity contribution in [3.8, 4) is 0 Å². The van der Waals surface area contributed by atoms with Crippen molar-refractivity contribution in [1.82, 2.24) is 5.32 Å². The van der Waals surface area contributed by atoms with Gasteiger partial charge in [0.25, 0.3) is 5.69 Å². The van der Waals surface area contributed by atoms with E-state index in [1.165, 1.54) is 12.1 Å². The van der Waals surface area contributed by atoms with E-state index in [2.05, 4.69) is 5.32 Å². The highest BCUT2D eigenvalue weighted by Gasteiger charge is 2.41. The fourth-order valence-corrected chi connectivity index (χ4v) is 2.46. The van der Waals surface area contributed by atoms with Gasteiger partial charge in [-0.3, -0.25) is 10.1 Å². The Morgan fingerprint density at radius 3 is 2.65 bits per heavy atom. The molecular formula is C14H20N2O4. The Kier molecular flexibility index (Phi) is 5.05. The van der Waals surface area contributed by atoms with Gasteiger partial charge in [0, 0.05) is 38.4 Å². The molecule has 1 fully saturated rings. The lowest BCUT2D eigenvalue weighted by Gasteiger charge is -2.43. The van der Waals surface area contributed by atoms with Gasteiger partial charge in [0.15, 0.2) is 0 Å². The van der Waals surface area contributed by atoms with Crippen LogP contribution in [0.25, 0.3) is 0 Å². The number of rotatable bonds is 7. The molecule has 2 rings (SSSR count). The fraction of sp³-hybridized carbons (Fsp3) is 0.571. The standard InChI is InChI=1S/C14H20N2O4/c1-3-20-13-8-12(14(13)19-2)15-9-10-4-6-11(7-5-10)16(17)18/h4-7,12-15H,3,8-9H2,1-2H3. The Morgan fingerprint density at radius 1 is 1.40 bits per heavy atom.